The zero-order valence-corrected chi connectivity index (χ0v) is 18.4. The van der Waals surface area contributed by atoms with Crippen molar-refractivity contribution < 1.29 is 9.84 Å². The Morgan fingerprint density at radius 3 is 2.62 bits per heavy atom. The van der Waals surface area contributed by atoms with Crippen molar-refractivity contribution >= 4 is 10.8 Å². The molecule has 2 heterocycles. The van der Waals surface area contributed by atoms with Crippen LogP contribution in [0.5, 0.6) is 5.75 Å². The van der Waals surface area contributed by atoms with Crippen LogP contribution in [0.3, 0.4) is 0 Å². The van der Waals surface area contributed by atoms with E-state index in [1.165, 1.54) is 25.7 Å². The molecule has 0 saturated carbocycles. The molecule has 1 aromatic heterocycles. The number of likely N-dealkylation sites (tertiary alicyclic amines) is 1. The SMILES string of the molecule is O=c1[nH]nc(CNCc2cccc(OC[C@H](O)CN3CCCCCC3)c2)c2ccccc12. The molecule has 7 nitrogen and oxygen atoms in total. The maximum absolute atomic E-state index is 11.9. The Labute approximate surface area is 188 Å². The Hall–Kier alpha value is -2.74. The van der Waals surface area contributed by atoms with Crippen LogP contribution >= 0.6 is 0 Å². The molecule has 0 unspecified atom stereocenters. The van der Waals surface area contributed by atoms with Gasteiger partial charge in [-0.25, -0.2) is 5.10 Å². The van der Waals surface area contributed by atoms with Crippen molar-refractivity contribution in [3.63, 3.8) is 0 Å². The summed E-state index contributed by atoms with van der Waals surface area (Å²) >= 11 is 0. The molecule has 1 aliphatic heterocycles. The zero-order valence-electron chi connectivity index (χ0n) is 18.4. The van der Waals surface area contributed by atoms with Gasteiger partial charge in [-0.2, -0.15) is 5.10 Å². The van der Waals surface area contributed by atoms with Gasteiger partial charge in [0, 0.05) is 25.0 Å². The number of hydrogen-bond acceptors (Lipinski definition) is 6. The van der Waals surface area contributed by atoms with Crippen molar-refractivity contribution in [2.24, 2.45) is 0 Å². The first-order valence-electron chi connectivity index (χ1n) is 11.5. The predicted molar refractivity (Wildman–Crippen MR) is 126 cm³/mol. The van der Waals surface area contributed by atoms with Crippen molar-refractivity contribution in [1.29, 1.82) is 0 Å². The Bertz CT molecular complexity index is 1060. The summed E-state index contributed by atoms with van der Waals surface area (Å²) in [6.45, 7) is 4.27. The van der Waals surface area contributed by atoms with Crippen LogP contribution in [-0.2, 0) is 13.1 Å². The number of aliphatic hydroxyl groups is 1. The molecular formula is C25H32N4O3. The number of H-pyrrole nitrogens is 1. The maximum Gasteiger partial charge on any atom is 0.272 e. The second kappa shape index (κ2) is 11.2. The summed E-state index contributed by atoms with van der Waals surface area (Å²) in [5.74, 6) is 0.756. The Balaban J connectivity index is 1.27. The fourth-order valence-corrected chi connectivity index (χ4v) is 4.24. The lowest BCUT2D eigenvalue weighted by atomic mass is 10.1. The van der Waals surface area contributed by atoms with E-state index < -0.39 is 6.10 Å². The smallest absolute Gasteiger partial charge is 0.272 e. The van der Waals surface area contributed by atoms with Crippen LogP contribution in [0.15, 0.2) is 53.3 Å². The molecule has 0 radical (unpaired) electrons. The monoisotopic (exact) mass is 436 g/mol. The number of rotatable bonds is 9. The normalized spacial score (nSPS) is 16.0. The van der Waals surface area contributed by atoms with Gasteiger partial charge in [0.1, 0.15) is 18.5 Å². The second-order valence-corrected chi connectivity index (χ2v) is 8.48. The summed E-state index contributed by atoms with van der Waals surface area (Å²) in [6, 6.07) is 15.4. The lowest BCUT2D eigenvalue weighted by Gasteiger charge is -2.23. The summed E-state index contributed by atoms with van der Waals surface area (Å²) in [6.07, 6.45) is 4.52. The Morgan fingerprint density at radius 2 is 1.81 bits per heavy atom. The number of benzene rings is 2. The number of aromatic nitrogens is 2. The highest BCUT2D eigenvalue weighted by molar-refractivity contribution is 5.83. The summed E-state index contributed by atoms with van der Waals surface area (Å²) in [5, 5.41) is 22.0. The average molecular weight is 437 g/mol. The lowest BCUT2D eigenvalue weighted by molar-refractivity contribution is 0.0693. The summed E-state index contributed by atoms with van der Waals surface area (Å²) in [7, 11) is 0. The van der Waals surface area contributed by atoms with E-state index in [1.54, 1.807) is 6.07 Å². The van der Waals surface area contributed by atoms with Crippen LogP contribution in [0.1, 0.15) is 36.9 Å². The first-order chi connectivity index (χ1) is 15.7. The molecule has 3 aromatic rings. The predicted octanol–water partition coefficient (Wildman–Crippen LogP) is 2.83. The van der Waals surface area contributed by atoms with Crippen molar-refractivity contribution in [3.8, 4) is 5.75 Å². The third-order valence-corrected chi connectivity index (χ3v) is 5.91. The van der Waals surface area contributed by atoms with Crippen LogP contribution in [0.25, 0.3) is 10.8 Å². The van der Waals surface area contributed by atoms with Crippen LogP contribution in [0.2, 0.25) is 0 Å². The number of aliphatic hydroxyl groups excluding tert-OH is 1. The van der Waals surface area contributed by atoms with Gasteiger partial charge in [-0.3, -0.25) is 4.79 Å². The molecule has 2 aromatic carbocycles. The first-order valence-corrected chi connectivity index (χ1v) is 11.5. The molecule has 1 saturated heterocycles. The highest BCUT2D eigenvalue weighted by Crippen LogP contribution is 2.16. The molecule has 1 fully saturated rings. The number of nitrogens with zero attached hydrogens (tertiary/aromatic N) is 2. The number of hydrogen-bond donors (Lipinski definition) is 3. The molecule has 0 aliphatic carbocycles. The fraction of sp³-hybridized carbons (Fsp3) is 0.440. The van der Waals surface area contributed by atoms with Crippen molar-refractivity contribution in [3.05, 3.63) is 70.1 Å². The van der Waals surface area contributed by atoms with Gasteiger partial charge in [0.15, 0.2) is 0 Å². The number of nitrogens with one attached hydrogen (secondary N) is 2. The number of β-amino-alcohol motifs (C(OH)–C–C–N with tert-alkyl or cyclic N) is 1. The van der Waals surface area contributed by atoms with Gasteiger partial charge in [-0.15, -0.1) is 0 Å². The lowest BCUT2D eigenvalue weighted by Crippen LogP contribution is -2.36. The van der Waals surface area contributed by atoms with Crippen molar-refractivity contribution in [2.45, 2.75) is 44.9 Å². The van der Waals surface area contributed by atoms with E-state index in [2.05, 4.69) is 20.4 Å². The minimum atomic E-state index is -0.491. The number of ether oxygens (including phenoxy) is 1. The van der Waals surface area contributed by atoms with Gasteiger partial charge >= 0.3 is 0 Å². The van der Waals surface area contributed by atoms with Crippen LogP contribution in [-0.4, -0.2) is 52.5 Å². The molecule has 1 atom stereocenters. The van der Waals surface area contributed by atoms with E-state index in [-0.39, 0.29) is 5.56 Å². The van der Waals surface area contributed by atoms with E-state index in [0.29, 0.717) is 31.6 Å². The van der Waals surface area contributed by atoms with Gasteiger partial charge in [-0.1, -0.05) is 43.2 Å². The highest BCUT2D eigenvalue weighted by Gasteiger charge is 2.14. The topological polar surface area (TPSA) is 90.5 Å². The zero-order chi connectivity index (χ0) is 22.2. The molecule has 0 amide bonds. The molecule has 1 aliphatic rings. The second-order valence-electron chi connectivity index (χ2n) is 8.48. The molecule has 170 valence electrons. The Kier molecular flexibility index (Phi) is 7.87. The van der Waals surface area contributed by atoms with Crippen molar-refractivity contribution in [1.82, 2.24) is 20.4 Å². The summed E-state index contributed by atoms with van der Waals surface area (Å²) in [5.41, 5.74) is 1.72. The molecule has 0 bridgehead atoms. The van der Waals surface area contributed by atoms with Crippen LogP contribution in [0.4, 0.5) is 0 Å². The maximum atomic E-state index is 11.9. The molecule has 32 heavy (non-hydrogen) atoms. The van der Waals surface area contributed by atoms with Gasteiger partial charge in [0.25, 0.3) is 5.56 Å². The molecule has 7 heteroatoms. The minimum absolute atomic E-state index is 0.174. The van der Waals surface area contributed by atoms with E-state index >= 15 is 0 Å². The van der Waals surface area contributed by atoms with Crippen LogP contribution in [0, 0.1) is 0 Å². The van der Waals surface area contributed by atoms with Gasteiger partial charge < -0.3 is 20.1 Å². The van der Waals surface area contributed by atoms with E-state index in [9.17, 15) is 9.90 Å². The first kappa shape index (κ1) is 22.5. The van der Waals surface area contributed by atoms with E-state index in [1.807, 2.05) is 42.5 Å². The summed E-state index contributed by atoms with van der Waals surface area (Å²) < 4.78 is 5.86. The van der Waals surface area contributed by atoms with Crippen LogP contribution < -0.4 is 15.6 Å². The highest BCUT2D eigenvalue weighted by atomic mass is 16.5. The van der Waals surface area contributed by atoms with Gasteiger partial charge in [0.05, 0.1) is 11.1 Å². The molecule has 3 N–H and O–H groups in total. The molecular weight excluding hydrogens is 404 g/mol. The minimum Gasteiger partial charge on any atom is -0.491 e. The fourth-order valence-electron chi connectivity index (χ4n) is 4.24. The quantitative estimate of drug-likeness (QED) is 0.478. The van der Waals surface area contributed by atoms with E-state index in [0.717, 1.165) is 35.5 Å². The van der Waals surface area contributed by atoms with Gasteiger partial charge in [-0.05, 0) is 49.7 Å². The van der Waals surface area contributed by atoms with Crippen molar-refractivity contribution in [2.75, 3.05) is 26.2 Å². The third kappa shape index (κ3) is 6.16. The average Bonchev–Trinajstić information content (AvgIpc) is 3.08. The third-order valence-electron chi connectivity index (χ3n) is 5.91. The molecule has 0 spiro atoms. The summed E-state index contributed by atoms with van der Waals surface area (Å²) in [4.78, 5) is 14.3. The Morgan fingerprint density at radius 1 is 1.03 bits per heavy atom. The number of aromatic amines is 1. The number of fused-ring (bicyclic) bond motifs is 1. The standard InChI is InChI=1S/C25H32N4O3/c30-20(17-29-12-5-1-2-6-13-29)18-32-21-9-7-8-19(14-21)15-26-16-24-22-10-3-4-11-23(22)25(31)28-27-24/h3-4,7-11,14,20,26,30H,1-2,5-6,12-13,15-18H2,(H,28,31)/t20-/m1/s1. The van der Waals surface area contributed by atoms with Gasteiger partial charge in [0.2, 0.25) is 0 Å². The largest absolute Gasteiger partial charge is 0.491 e. The molecule has 4 rings (SSSR count). The van der Waals surface area contributed by atoms with E-state index in [4.69, 9.17) is 4.74 Å².